The standard InChI is InChI=1S/C23H20O4/c1-24-17-9-7-15(8-10-17)18-11-20(16-5-3-2-4-6-16)27-21-13-23-22(12-19(18)21)25-14-26-23/h2-10,12-13,18,20H,11,14H2,1H3. The van der Waals surface area contributed by atoms with Crippen LogP contribution in [0.15, 0.2) is 66.7 Å². The molecule has 2 aliphatic rings. The van der Waals surface area contributed by atoms with Gasteiger partial charge in [-0.05, 0) is 35.7 Å². The molecule has 0 radical (unpaired) electrons. The van der Waals surface area contributed by atoms with E-state index in [1.54, 1.807) is 7.11 Å². The van der Waals surface area contributed by atoms with E-state index in [4.69, 9.17) is 18.9 Å². The maximum absolute atomic E-state index is 6.38. The van der Waals surface area contributed by atoms with E-state index in [1.165, 1.54) is 11.1 Å². The van der Waals surface area contributed by atoms with Gasteiger partial charge in [-0.15, -0.1) is 0 Å². The SMILES string of the molecule is COc1ccc(C2CC(c3ccccc3)Oc3cc4c(cc32)OCO4)cc1. The van der Waals surface area contributed by atoms with Gasteiger partial charge in [0, 0.05) is 17.5 Å². The molecule has 3 aromatic rings. The Morgan fingerprint density at radius 3 is 2.30 bits per heavy atom. The van der Waals surface area contributed by atoms with Gasteiger partial charge in [-0.1, -0.05) is 42.5 Å². The molecule has 4 heteroatoms. The molecular weight excluding hydrogens is 340 g/mol. The highest BCUT2D eigenvalue weighted by Gasteiger charge is 2.33. The second-order valence-corrected chi connectivity index (χ2v) is 6.82. The van der Waals surface area contributed by atoms with Crippen molar-refractivity contribution in [2.45, 2.75) is 18.4 Å². The second-order valence-electron chi connectivity index (χ2n) is 6.82. The van der Waals surface area contributed by atoms with Crippen molar-refractivity contribution in [1.29, 1.82) is 0 Å². The normalized spacial score (nSPS) is 19.9. The Bertz CT molecular complexity index is 950. The number of hydrogen-bond donors (Lipinski definition) is 0. The fraction of sp³-hybridized carbons (Fsp3) is 0.217. The van der Waals surface area contributed by atoms with Crippen LogP contribution in [0.3, 0.4) is 0 Å². The lowest BCUT2D eigenvalue weighted by molar-refractivity contribution is 0.166. The summed E-state index contributed by atoms with van der Waals surface area (Å²) in [6, 6.07) is 22.7. The van der Waals surface area contributed by atoms with Crippen molar-refractivity contribution >= 4 is 0 Å². The molecule has 0 fully saturated rings. The predicted molar refractivity (Wildman–Crippen MR) is 102 cm³/mol. The van der Waals surface area contributed by atoms with Gasteiger partial charge in [-0.2, -0.15) is 0 Å². The number of fused-ring (bicyclic) bond motifs is 2. The van der Waals surface area contributed by atoms with Crippen LogP contribution in [0.4, 0.5) is 0 Å². The molecule has 5 rings (SSSR count). The van der Waals surface area contributed by atoms with Gasteiger partial charge in [0.05, 0.1) is 7.11 Å². The van der Waals surface area contributed by atoms with Gasteiger partial charge >= 0.3 is 0 Å². The van der Waals surface area contributed by atoms with Gasteiger partial charge in [0.2, 0.25) is 6.79 Å². The molecule has 0 saturated heterocycles. The largest absolute Gasteiger partial charge is 0.497 e. The number of hydrogen-bond acceptors (Lipinski definition) is 4. The van der Waals surface area contributed by atoms with Crippen LogP contribution in [0.5, 0.6) is 23.0 Å². The third-order valence-corrected chi connectivity index (χ3v) is 5.29. The molecule has 0 spiro atoms. The number of benzene rings is 3. The van der Waals surface area contributed by atoms with E-state index in [0.717, 1.165) is 35.0 Å². The Labute approximate surface area is 158 Å². The van der Waals surface area contributed by atoms with Crippen LogP contribution >= 0.6 is 0 Å². The molecule has 2 unspecified atom stereocenters. The maximum Gasteiger partial charge on any atom is 0.231 e. The van der Waals surface area contributed by atoms with E-state index in [0.29, 0.717) is 0 Å². The quantitative estimate of drug-likeness (QED) is 0.653. The Hall–Kier alpha value is -3.14. The average molecular weight is 360 g/mol. The smallest absolute Gasteiger partial charge is 0.231 e. The summed E-state index contributed by atoms with van der Waals surface area (Å²) < 4.78 is 22.9. The van der Waals surface area contributed by atoms with Crippen LogP contribution in [0.2, 0.25) is 0 Å². The molecule has 27 heavy (non-hydrogen) atoms. The summed E-state index contributed by atoms with van der Waals surface area (Å²) in [5.41, 5.74) is 3.55. The third kappa shape index (κ3) is 2.87. The lowest BCUT2D eigenvalue weighted by atomic mass is 9.82. The summed E-state index contributed by atoms with van der Waals surface area (Å²) >= 11 is 0. The van der Waals surface area contributed by atoms with Crippen LogP contribution < -0.4 is 18.9 Å². The molecule has 0 saturated carbocycles. The fourth-order valence-electron chi connectivity index (χ4n) is 3.88. The molecule has 136 valence electrons. The van der Waals surface area contributed by atoms with E-state index < -0.39 is 0 Å². The van der Waals surface area contributed by atoms with E-state index in [9.17, 15) is 0 Å². The third-order valence-electron chi connectivity index (χ3n) is 5.29. The molecule has 0 amide bonds. The average Bonchev–Trinajstić information content (AvgIpc) is 3.19. The van der Waals surface area contributed by atoms with Gasteiger partial charge in [0.1, 0.15) is 17.6 Å². The van der Waals surface area contributed by atoms with Crippen molar-refractivity contribution < 1.29 is 18.9 Å². The molecule has 3 aromatic carbocycles. The summed E-state index contributed by atoms with van der Waals surface area (Å²) in [6.07, 6.45) is 0.856. The molecule has 2 heterocycles. The van der Waals surface area contributed by atoms with E-state index in [1.807, 2.05) is 24.3 Å². The second kappa shape index (κ2) is 6.54. The zero-order valence-electron chi connectivity index (χ0n) is 15.1. The summed E-state index contributed by atoms with van der Waals surface area (Å²) in [5, 5.41) is 0. The molecule has 0 aliphatic carbocycles. The lowest BCUT2D eigenvalue weighted by Gasteiger charge is -2.33. The lowest BCUT2D eigenvalue weighted by Crippen LogP contribution is -2.20. The summed E-state index contributed by atoms with van der Waals surface area (Å²) in [5.74, 6) is 3.46. The number of rotatable bonds is 3. The molecule has 2 atom stereocenters. The Morgan fingerprint density at radius 2 is 1.56 bits per heavy atom. The highest BCUT2D eigenvalue weighted by molar-refractivity contribution is 5.56. The van der Waals surface area contributed by atoms with Gasteiger partial charge in [0.25, 0.3) is 0 Å². The maximum atomic E-state index is 6.38. The van der Waals surface area contributed by atoms with Crippen LogP contribution in [0, 0.1) is 0 Å². The summed E-state index contributed by atoms with van der Waals surface area (Å²) in [7, 11) is 1.69. The first kappa shape index (κ1) is 16.1. The molecule has 2 aliphatic heterocycles. The minimum Gasteiger partial charge on any atom is -0.497 e. The topological polar surface area (TPSA) is 36.9 Å². The van der Waals surface area contributed by atoms with E-state index in [-0.39, 0.29) is 18.8 Å². The predicted octanol–water partition coefficient (Wildman–Crippen LogP) is 5.08. The van der Waals surface area contributed by atoms with Crippen molar-refractivity contribution in [1.82, 2.24) is 0 Å². The Morgan fingerprint density at radius 1 is 0.815 bits per heavy atom. The van der Waals surface area contributed by atoms with Crippen LogP contribution in [-0.2, 0) is 0 Å². The van der Waals surface area contributed by atoms with Gasteiger partial charge < -0.3 is 18.9 Å². The minimum atomic E-state index is -0.00817. The number of ether oxygens (including phenoxy) is 4. The fourth-order valence-corrected chi connectivity index (χ4v) is 3.88. The van der Waals surface area contributed by atoms with Gasteiger partial charge in [-0.3, -0.25) is 0 Å². The highest BCUT2D eigenvalue weighted by atomic mass is 16.7. The molecule has 0 bridgehead atoms. The first-order valence-electron chi connectivity index (χ1n) is 9.11. The summed E-state index contributed by atoms with van der Waals surface area (Å²) in [4.78, 5) is 0. The Kier molecular flexibility index (Phi) is 3.89. The van der Waals surface area contributed by atoms with Crippen molar-refractivity contribution in [3.63, 3.8) is 0 Å². The number of methoxy groups -OCH3 is 1. The van der Waals surface area contributed by atoms with Crippen LogP contribution in [0.1, 0.15) is 35.1 Å². The van der Waals surface area contributed by atoms with Crippen molar-refractivity contribution in [3.05, 3.63) is 83.4 Å². The monoisotopic (exact) mass is 360 g/mol. The molecule has 0 N–H and O–H groups in total. The van der Waals surface area contributed by atoms with Crippen LogP contribution in [0.25, 0.3) is 0 Å². The van der Waals surface area contributed by atoms with E-state index in [2.05, 4.69) is 42.5 Å². The van der Waals surface area contributed by atoms with Crippen LogP contribution in [-0.4, -0.2) is 13.9 Å². The highest BCUT2D eigenvalue weighted by Crippen LogP contribution is 2.50. The first-order valence-corrected chi connectivity index (χ1v) is 9.11. The van der Waals surface area contributed by atoms with E-state index >= 15 is 0 Å². The minimum absolute atomic E-state index is 0.00817. The van der Waals surface area contributed by atoms with Crippen molar-refractivity contribution in [2.24, 2.45) is 0 Å². The summed E-state index contributed by atoms with van der Waals surface area (Å²) in [6.45, 7) is 0.257. The molecular formula is C23H20O4. The Balaban J connectivity index is 1.59. The van der Waals surface area contributed by atoms with Gasteiger partial charge in [0.15, 0.2) is 11.5 Å². The first-order chi connectivity index (χ1) is 13.3. The van der Waals surface area contributed by atoms with Crippen molar-refractivity contribution in [3.8, 4) is 23.0 Å². The molecule has 4 nitrogen and oxygen atoms in total. The zero-order valence-corrected chi connectivity index (χ0v) is 15.1. The van der Waals surface area contributed by atoms with Gasteiger partial charge in [-0.25, -0.2) is 0 Å². The zero-order chi connectivity index (χ0) is 18.2. The molecule has 0 aromatic heterocycles. The van der Waals surface area contributed by atoms with Crippen molar-refractivity contribution in [2.75, 3.05) is 13.9 Å².